The van der Waals surface area contributed by atoms with E-state index in [4.69, 9.17) is 0 Å². The number of nitrogens with zero attached hydrogens (tertiary/aromatic N) is 1. The van der Waals surface area contributed by atoms with Crippen LogP contribution in [-0.2, 0) is 13.0 Å². The molecule has 0 unspecified atom stereocenters. The quantitative estimate of drug-likeness (QED) is 0.619. The Bertz CT molecular complexity index is 686. The number of pyridine rings is 1. The zero-order valence-electron chi connectivity index (χ0n) is 13.7. The summed E-state index contributed by atoms with van der Waals surface area (Å²) in [6.45, 7) is 10.7. The van der Waals surface area contributed by atoms with Gasteiger partial charge < -0.3 is 0 Å². The Morgan fingerprint density at radius 3 is 2.33 bits per heavy atom. The van der Waals surface area contributed by atoms with Gasteiger partial charge in [-0.05, 0) is 56.0 Å². The summed E-state index contributed by atoms with van der Waals surface area (Å²) in [4.78, 5) is 12.6. The molecular formula is C19H24NO+. The third kappa shape index (κ3) is 3.38. The fraction of sp³-hybridized carbons (Fsp3) is 0.368. The Balaban J connectivity index is 2.32. The molecule has 0 atom stereocenters. The zero-order chi connectivity index (χ0) is 15.6. The van der Waals surface area contributed by atoms with Crippen molar-refractivity contribution in [2.75, 3.05) is 0 Å². The van der Waals surface area contributed by atoms with Gasteiger partial charge in [0.1, 0.15) is 0 Å². The maximum absolute atomic E-state index is 12.6. The smallest absolute Gasteiger partial charge is 0.227 e. The van der Waals surface area contributed by atoms with E-state index < -0.39 is 0 Å². The van der Waals surface area contributed by atoms with Crippen molar-refractivity contribution in [1.82, 2.24) is 0 Å². The van der Waals surface area contributed by atoms with Crippen molar-refractivity contribution in [1.29, 1.82) is 0 Å². The molecule has 0 amide bonds. The van der Waals surface area contributed by atoms with E-state index in [1.54, 1.807) is 0 Å². The fourth-order valence-corrected chi connectivity index (χ4v) is 2.55. The van der Waals surface area contributed by atoms with Gasteiger partial charge in [-0.1, -0.05) is 13.0 Å². The predicted octanol–water partition coefficient (Wildman–Crippen LogP) is 3.65. The standard InChI is InChI=1S/C19H24NO/c1-6-17-8-7-16(5)20(11-17)12-19(21)18-10-14(3)13(2)9-15(18)4/h7-11H,6,12H2,1-5H3/q+1. The second-order valence-electron chi connectivity index (χ2n) is 5.83. The van der Waals surface area contributed by atoms with E-state index in [9.17, 15) is 4.79 Å². The second kappa shape index (κ2) is 6.21. The van der Waals surface area contributed by atoms with Gasteiger partial charge in [0.2, 0.25) is 12.3 Å². The highest BCUT2D eigenvalue weighted by Gasteiger charge is 2.17. The van der Waals surface area contributed by atoms with Gasteiger partial charge in [-0.15, -0.1) is 0 Å². The van der Waals surface area contributed by atoms with E-state index >= 15 is 0 Å². The SMILES string of the molecule is CCc1ccc(C)[n+](CC(=O)c2cc(C)c(C)cc2C)c1. The number of benzene rings is 1. The Morgan fingerprint density at radius 2 is 1.67 bits per heavy atom. The van der Waals surface area contributed by atoms with E-state index in [-0.39, 0.29) is 5.78 Å². The van der Waals surface area contributed by atoms with E-state index in [0.29, 0.717) is 6.54 Å². The minimum Gasteiger partial charge on any atom is -0.287 e. The van der Waals surface area contributed by atoms with E-state index in [1.807, 2.05) is 19.9 Å². The number of carbonyl (C=O) groups is 1. The topological polar surface area (TPSA) is 20.9 Å². The first-order valence-corrected chi connectivity index (χ1v) is 7.52. The largest absolute Gasteiger partial charge is 0.287 e. The van der Waals surface area contributed by atoms with Crippen LogP contribution < -0.4 is 4.57 Å². The molecule has 0 bridgehead atoms. The first-order chi connectivity index (χ1) is 9.92. The number of carbonyl (C=O) groups excluding carboxylic acids is 1. The van der Waals surface area contributed by atoms with Gasteiger partial charge in [0.05, 0.1) is 0 Å². The predicted molar refractivity (Wildman–Crippen MR) is 85.7 cm³/mol. The average Bonchev–Trinajstić information content (AvgIpc) is 2.45. The van der Waals surface area contributed by atoms with Crippen LogP contribution in [0.15, 0.2) is 30.5 Å². The number of aryl methyl sites for hydroxylation is 5. The molecule has 1 aromatic carbocycles. The molecule has 0 aliphatic heterocycles. The molecule has 0 spiro atoms. The Kier molecular flexibility index (Phi) is 4.56. The molecule has 1 aromatic heterocycles. The number of Topliss-reactive ketones (excluding diaryl/α,β-unsaturated/α-hetero) is 1. The lowest BCUT2D eigenvalue weighted by Gasteiger charge is -2.08. The van der Waals surface area contributed by atoms with E-state index in [1.165, 1.54) is 16.7 Å². The molecule has 2 heteroatoms. The maximum atomic E-state index is 12.6. The monoisotopic (exact) mass is 282 g/mol. The lowest BCUT2D eigenvalue weighted by molar-refractivity contribution is -0.689. The molecule has 0 fully saturated rings. The molecule has 2 rings (SSSR count). The number of aromatic nitrogens is 1. The molecule has 2 nitrogen and oxygen atoms in total. The summed E-state index contributed by atoms with van der Waals surface area (Å²) in [5, 5.41) is 0. The summed E-state index contributed by atoms with van der Waals surface area (Å²) in [5.41, 5.74) is 6.68. The number of rotatable bonds is 4. The van der Waals surface area contributed by atoms with Crippen LogP contribution in [0.4, 0.5) is 0 Å². The van der Waals surface area contributed by atoms with Crippen molar-refractivity contribution in [3.63, 3.8) is 0 Å². The summed E-state index contributed by atoms with van der Waals surface area (Å²) in [5.74, 6) is 0.178. The number of hydrogen-bond acceptors (Lipinski definition) is 1. The molecular weight excluding hydrogens is 258 g/mol. The Morgan fingerprint density at radius 1 is 1.00 bits per heavy atom. The number of ketones is 1. The second-order valence-corrected chi connectivity index (χ2v) is 5.83. The van der Waals surface area contributed by atoms with E-state index in [0.717, 1.165) is 23.2 Å². The fourth-order valence-electron chi connectivity index (χ4n) is 2.55. The van der Waals surface area contributed by atoms with E-state index in [2.05, 4.69) is 49.7 Å². The molecule has 0 N–H and O–H groups in total. The normalized spacial score (nSPS) is 10.7. The van der Waals surface area contributed by atoms with Gasteiger partial charge in [-0.25, -0.2) is 0 Å². The van der Waals surface area contributed by atoms with Gasteiger partial charge >= 0.3 is 0 Å². The van der Waals surface area contributed by atoms with Gasteiger partial charge in [0.25, 0.3) is 0 Å². The lowest BCUT2D eigenvalue weighted by Crippen LogP contribution is -2.41. The molecule has 110 valence electrons. The maximum Gasteiger partial charge on any atom is 0.227 e. The van der Waals surface area contributed by atoms with Crippen molar-refractivity contribution >= 4 is 5.78 Å². The van der Waals surface area contributed by atoms with Crippen LogP contribution in [0.3, 0.4) is 0 Å². The van der Waals surface area contributed by atoms with Gasteiger partial charge in [-0.3, -0.25) is 4.79 Å². The third-order valence-electron chi connectivity index (χ3n) is 4.18. The van der Waals surface area contributed by atoms with Crippen LogP contribution in [0.25, 0.3) is 0 Å². The minimum absolute atomic E-state index is 0.178. The summed E-state index contributed by atoms with van der Waals surface area (Å²) in [7, 11) is 0. The van der Waals surface area contributed by atoms with Crippen molar-refractivity contribution in [3.8, 4) is 0 Å². The Labute approximate surface area is 127 Å². The van der Waals surface area contributed by atoms with Gasteiger partial charge in [0, 0.05) is 24.1 Å². The molecule has 1 heterocycles. The molecule has 2 aromatic rings. The third-order valence-corrected chi connectivity index (χ3v) is 4.18. The van der Waals surface area contributed by atoms with Crippen molar-refractivity contribution in [2.24, 2.45) is 0 Å². The minimum atomic E-state index is 0.178. The molecule has 21 heavy (non-hydrogen) atoms. The van der Waals surface area contributed by atoms with Crippen LogP contribution in [-0.4, -0.2) is 5.78 Å². The van der Waals surface area contributed by atoms with Crippen LogP contribution in [0, 0.1) is 27.7 Å². The van der Waals surface area contributed by atoms with Crippen LogP contribution in [0.1, 0.15) is 45.2 Å². The van der Waals surface area contributed by atoms with Gasteiger partial charge in [0.15, 0.2) is 11.9 Å². The van der Waals surface area contributed by atoms with Crippen molar-refractivity contribution < 1.29 is 9.36 Å². The van der Waals surface area contributed by atoms with Crippen molar-refractivity contribution in [2.45, 2.75) is 47.6 Å². The molecule has 0 saturated heterocycles. The number of hydrogen-bond donors (Lipinski definition) is 0. The molecule has 0 aliphatic rings. The van der Waals surface area contributed by atoms with Crippen LogP contribution >= 0.6 is 0 Å². The first kappa shape index (κ1) is 15.4. The average molecular weight is 282 g/mol. The zero-order valence-corrected chi connectivity index (χ0v) is 13.7. The highest BCUT2D eigenvalue weighted by molar-refractivity contribution is 5.96. The highest BCUT2D eigenvalue weighted by atomic mass is 16.1. The first-order valence-electron chi connectivity index (χ1n) is 7.52. The van der Waals surface area contributed by atoms with Crippen molar-refractivity contribution in [3.05, 3.63) is 64.0 Å². The molecule has 0 radical (unpaired) electrons. The molecule has 0 aliphatic carbocycles. The van der Waals surface area contributed by atoms with Gasteiger partial charge in [-0.2, -0.15) is 4.57 Å². The lowest BCUT2D eigenvalue weighted by atomic mass is 9.98. The van der Waals surface area contributed by atoms with Crippen LogP contribution in [0.5, 0.6) is 0 Å². The summed E-state index contributed by atoms with van der Waals surface area (Å²) >= 11 is 0. The summed E-state index contributed by atoms with van der Waals surface area (Å²) in [6.07, 6.45) is 3.07. The Hall–Kier alpha value is -1.96. The highest BCUT2D eigenvalue weighted by Crippen LogP contribution is 2.16. The summed E-state index contributed by atoms with van der Waals surface area (Å²) < 4.78 is 2.05. The summed E-state index contributed by atoms with van der Waals surface area (Å²) in [6, 6.07) is 8.33. The van der Waals surface area contributed by atoms with Crippen LogP contribution in [0.2, 0.25) is 0 Å². The molecule has 0 saturated carbocycles.